The van der Waals surface area contributed by atoms with Gasteiger partial charge in [-0.05, 0) is 0 Å². The van der Waals surface area contributed by atoms with E-state index < -0.39 is 20.5 Å². The molecule has 0 bridgehead atoms. The molecule has 17 heavy (non-hydrogen) atoms. The number of halogens is 2. The maximum Gasteiger partial charge on any atom is 0.0777 e. The first-order valence-electron chi connectivity index (χ1n) is 1.26. The second-order valence-electron chi connectivity index (χ2n) is 0.792. The third kappa shape index (κ3) is 8620. The second-order valence-corrected chi connectivity index (χ2v) is 2.38. The van der Waals surface area contributed by atoms with Crippen LogP contribution in [0.25, 0.3) is 0 Å². The van der Waals surface area contributed by atoms with E-state index in [2.05, 4.69) is 0 Å². The van der Waals surface area contributed by atoms with Gasteiger partial charge in [-0.15, -0.1) is 0 Å². The van der Waals surface area contributed by atoms with E-state index in [1.807, 2.05) is 0 Å². The Hall–Kier alpha value is 0.643. The zero-order chi connectivity index (χ0) is 9.00. The summed E-state index contributed by atoms with van der Waals surface area (Å²) in [4.78, 5) is 0. The second kappa shape index (κ2) is 25.5. The molecule has 0 fully saturated rings. The minimum Gasteiger partial charge on any atom is -0.412 e. The van der Waals surface area contributed by atoms with E-state index in [0.717, 1.165) is 0 Å². The summed E-state index contributed by atoms with van der Waals surface area (Å²) in [7, 11) is -9.39. The average Bonchev–Trinajstić information content (AvgIpc) is 1.12. The van der Waals surface area contributed by atoms with Gasteiger partial charge in [0.1, 0.15) is 0 Å². The van der Waals surface area contributed by atoms with Crippen LogP contribution in [-0.2, 0) is 19.5 Å². The van der Waals surface area contributed by atoms with Gasteiger partial charge in [0.2, 0.25) is 0 Å². The first kappa shape index (κ1) is 65.4. The first-order chi connectivity index (χ1) is 4.00. The molecule has 0 aromatic rings. The van der Waals surface area contributed by atoms with Crippen molar-refractivity contribution >= 4 is 0 Å². The Morgan fingerprint density at radius 3 is 0.471 bits per heavy atom. The summed E-state index contributed by atoms with van der Waals surface area (Å²) in [6.45, 7) is 0. The largest absolute Gasteiger partial charge is 0.412 e. The molecule has 0 aliphatic rings. The minimum absolute atomic E-state index is 0. The molecule has 0 aromatic heterocycles. The van der Waals surface area contributed by atoms with Gasteiger partial charge in [-0.3, -0.25) is 0 Å². The molecule has 0 saturated heterocycles. The molecule has 14 N–H and O–H groups in total. The molecule has 0 saturated carbocycles. The summed E-state index contributed by atoms with van der Waals surface area (Å²) in [5.74, 6) is 0. The summed E-state index contributed by atoms with van der Waals surface area (Å²) in [6, 6.07) is 0. The summed E-state index contributed by atoms with van der Waals surface area (Å²) < 4.78 is 65.4. The smallest absolute Gasteiger partial charge is 0.0777 e. The average molecular weight is 374 g/mol. The van der Waals surface area contributed by atoms with Crippen molar-refractivity contribution in [1.29, 1.82) is 0 Å². The summed E-state index contributed by atoms with van der Waals surface area (Å²) in [6.07, 6.45) is 0. The van der Waals surface area contributed by atoms with E-state index in [4.69, 9.17) is 37.3 Å². The normalized spacial score (nSPS) is 7.06. The zero-order valence-electron chi connectivity index (χ0n) is 7.81. The molecule has 0 aliphatic carbocycles. The molecule has 0 spiro atoms. The van der Waals surface area contributed by atoms with Gasteiger partial charge < -0.3 is 32.9 Å². The Bertz CT molecular complexity index is 57.2. The Morgan fingerprint density at radius 2 is 0.471 bits per heavy atom. The number of rotatable bonds is 0. The van der Waals surface area contributed by atoms with Crippen LogP contribution in [0.15, 0.2) is 0 Å². The van der Waals surface area contributed by atoms with E-state index in [-0.39, 0.29) is 52.3 Å². The van der Waals surface area contributed by atoms with Gasteiger partial charge in [-0.1, -0.05) is 0 Å². The molecule has 17 heteroatoms. The molecule has 0 aromatic carbocycles. The van der Waals surface area contributed by atoms with Crippen LogP contribution in [0.2, 0.25) is 0 Å². The molecule has 114 valence electrons. The first-order valence-corrected chi connectivity index (χ1v) is 3.79. The Labute approximate surface area is 110 Å². The van der Waals surface area contributed by atoms with Crippen molar-refractivity contribution in [2.24, 2.45) is 0 Å². The van der Waals surface area contributed by atoms with Crippen molar-refractivity contribution in [3.8, 4) is 0 Å². The molecule has 14 nitrogen and oxygen atoms in total. The fourth-order valence-electron chi connectivity index (χ4n) is 0. The quantitative estimate of drug-likeness (QED) is 0.382. The summed E-state index contributed by atoms with van der Waals surface area (Å²) in [5.41, 5.74) is 0. The molecule has 0 rings (SSSR count). The van der Waals surface area contributed by atoms with Crippen molar-refractivity contribution in [3.05, 3.63) is 0 Å². The predicted molar refractivity (Wildman–Crippen MR) is 26.1 cm³/mol. The van der Waals surface area contributed by atoms with Gasteiger partial charge in [-0.2, -0.15) is 28.0 Å². The zero-order valence-corrected chi connectivity index (χ0v) is 12.3. The molecule has 0 atom stereocenters. The van der Waals surface area contributed by atoms with Crippen molar-refractivity contribution in [2.45, 2.75) is 0 Å². The van der Waals surface area contributed by atoms with Crippen molar-refractivity contribution in [2.75, 3.05) is 0 Å². The van der Waals surface area contributed by atoms with Gasteiger partial charge in [0.05, 0.1) is 29.8 Å². The number of hydrogen-bond donors (Lipinski definition) is 2. The molecular weight excluding hydrogens is 360 g/mol. The third-order valence-corrected chi connectivity index (χ3v) is 0. The minimum atomic E-state index is -4.69. The fourth-order valence-corrected chi connectivity index (χ4v) is 0. The standard InChI is InChI=1S/2ClHO4.6H2O.Zn/c2*2-1(3,4)5;;;;;;;/h2*(H,2,3,4,5);6*1H2;. The Morgan fingerprint density at radius 1 is 0.471 bits per heavy atom. The van der Waals surface area contributed by atoms with Gasteiger partial charge in [0.25, 0.3) is 0 Å². The van der Waals surface area contributed by atoms with Crippen LogP contribution in [0.5, 0.6) is 0 Å². The van der Waals surface area contributed by atoms with Crippen LogP contribution in [0, 0.1) is 20.5 Å². The molecule has 0 amide bonds. The van der Waals surface area contributed by atoms with Gasteiger partial charge >= 0.3 is 0 Å². The van der Waals surface area contributed by atoms with Crippen LogP contribution >= 0.6 is 0 Å². The molecular formula is H14Cl2O14Zn. The van der Waals surface area contributed by atoms with Crippen LogP contribution < -0.4 is 28.0 Å². The molecule has 0 heterocycles. The maximum absolute atomic E-state index is 8.60. The van der Waals surface area contributed by atoms with Gasteiger partial charge in [0, 0.05) is 19.5 Å². The fraction of sp³-hybridized carbons (Fsp3) is 0. The van der Waals surface area contributed by atoms with Gasteiger partial charge in [0.15, 0.2) is 0 Å². The topological polar surface area (TPSA) is 368 Å². The van der Waals surface area contributed by atoms with Crippen LogP contribution in [0.1, 0.15) is 0 Å². The van der Waals surface area contributed by atoms with Gasteiger partial charge in [-0.25, -0.2) is 0 Å². The van der Waals surface area contributed by atoms with Crippen LogP contribution in [-0.4, -0.2) is 42.2 Å². The van der Waals surface area contributed by atoms with E-state index in [9.17, 15) is 0 Å². The van der Waals surface area contributed by atoms with E-state index in [1.54, 1.807) is 0 Å². The molecule has 0 aliphatic heterocycles. The third-order valence-electron chi connectivity index (χ3n) is 0. The van der Waals surface area contributed by atoms with E-state index in [1.165, 1.54) is 0 Å². The van der Waals surface area contributed by atoms with Crippen molar-refractivity contribution in [3.63, 3.8) is 0 Å². The molecule has 0 radical (unpaired) electrons. The maximum atomic E-state index is 8.60. The van der Waals surface area contributed by atoms with Crippen LogP contribution in [0.3, 0.4) is 0 Å². The predicted octanol–water partition coefficient (Wildman–Crippen LogP) is -13.2. The van der Waals surface area contributed by atoms with E-state index in [0.29, 0.717) is 0 Å². The Balaban J connectivity index is -0.00000000762. The monoisotopic (exact) mass is 372 g/mol. The SMILES string of the molecule is O.O.O.O.O.O.[O-][Cl+3]([O-])([O-])O.[O-][Cl+3]([O-])([O-])O.[Zn]. The number of hydrogen-bond acceptors (Lipinski definition) is 8. The van der Waals surface area contributed by atoms with Crippen molar-refractivity contribution < 1.29 is 110 Å². The summed E-state index contributed by atoms with van der Waals surface area (Å²) in [5, 5.41) is 0. The van der Waals surface area contributed by atoms with E-state index >= 15 is 0 Å². The molecule has 0 unspecified atom stereocenters. The summed E-state index contributed by atoms with van der Waals surface area (Å²) >= 11 is 0. The van der Waals surface area contributed by atoms with Crippen molar-refractivity contribution in [1.82, 2.24) is 0 Å². The Kier molecular flexibility index (Phi) is 98.0. The van der Waals surface area contributed by atoms with Crippen LogP contribution in [0.4, 0.5) is 0 Å².